The first-order chi connectivity index (χ1) is 17.4. The molecule has 6 aliphatic rings. The molecule has 0 amide bonds. The molecular weight excluding hydrogens is 476 g/mol. The maximum Gasteiger partial charge on any atom is 0.0527 e. The van der Waals surface area contributed by atoms with Crippen LogP contribution in [0.15, 0.2) is 0 Å². The van der Waals surface area contributed by atoms with Crippen molar-refractivity contribution in [2.45, 2.75) is 116 Å². The molecule has 36 heavy (non-hydrogen) atoms. The van der Waals surface area contributed by atoms with E-state index < -0.39 is 0 Å². The standard InChI is InChI=1S/C33H56OS2/c1-23(2)29-20-27(33(29)12-5-6-16-36-33)18-25(4)30-19-26(32(30)11-7-14-34-21-32)17-24(3)28-9-13-31(28)10-8-15-35-22-31/h23-30H,5-22H2,1-4H3. The Morgan fingerprint density at radius 2 is 1.58 bits per heavy atom. The smallest absolute Gasteiger partial charge is 0.0527 e. The van der Waals surface area contributed by atoms with Crippen LogP contribution in [0.25, 0.3) is 0 Å². The fraction of sp³-hybridized carbons (Fsp3) is 1.00. The van der Waals surface area contributed by atoms with Crippen LogP contribution in [0.2, 0.25) is 0 Å². The summed E-state index contributed by atoms with van der Waals surface area (Å²) in [4.78, 5) is 0. The fourth-order valence-electron chi connectivity index (χ4n) is 11.1. The first kappa shape index (κ1) is 26.9. The zero-order valence-electron chi connectivity index (χ0n) is 24.1. The second kappa shape index (κ2) is 10.6. The van der Waals surface area contributed by atoms with E-state index in [0.717, 1.165) is 66.0 Å². The van der Waals surface area contributed by atoms with E-state index in [1.54, 1.807) is 0 Å². The van der Waals surface area contributed by atoms with E-state index >= 15 is 0 Å². The lowest BCUT2D eigenvalue weighted by Gasteiger charge is -2.64. The molecule has 0 aromatic carbocycles. The third-order valence-electron chi connectivity index (χ3n) is 13.2. The third kappa shape index (κ3) is 4.38. The van der Waals surface area contributed by atoms with Crippen molar-refractivity contribution >= 4 is 23.5 Å². The van der Waals surface area contributed by atoms with Crippen molar-refractivity contribution < 1.29 is 4.74 Å². The molecule has 3 spiro atoms. The van der Waals surface area contributed by atoms with Crippen molar-refractivity contribution in [3.05, 3.63) is 0 Å². The van der Waals surface area contributed by atoms with Crippen LogP contribution in [0.4, 0.5) is 0 Å². The minimum atomic E-state index is 0.526. The Labute approximate surface area is 232 Å². The Bertz CT molecular complexity index is 745. The molecule has 6 fully saturated rings. The quantitative estimate of drug-likeness (QED) is 0.323. The lowest BCUT2D eigenvalue weighted by Crippen LogP contribution is -2.60. The van der Waals surface area contributed by atoms with E-state index in [2.05, 4.69) is 51.2 Å². The SMILES string of the molecule is CC(C)C1CC(CC(C)C2CC(CC(C)C3CCC34CCCSC4)C23CCCOC3)C12CCCCS2. The predicted molar refractivity (Wildman–Crippen MR) is 159 cm³/mol. The van der Waals surface area contributed by atoms with Gasteiger partial charge in [-0.3, -0.25) is 0 Å². The highest BCUT2D eigenvalue weighted by Gasteiger charge is 2.61. The summed E-state index contributed by atoms with van der Waals surface area (Å²) >= 11 is 4.67. The molecule has 0 radical (unpaired) electrons. The van der Waals surface area contributed by atoms with Gasteiger partial charge >= 0.3 is 0 Å². The normalized spacial score (nSPS) is 48.4. The molecule has 3 heteroatoms. The van der Waals surface area contributed by atoms with Gasteiger partial charge in [0.25, 0.3) is 0 Å². The molecule has 10 atom stereocenters. The summed E-state index contributed by atoms with van der Waals surface area (Å²) in [5.74, 6) is 11.9. The molecule has 0 bridgehead atoms. The van der Waals surface area contributed by atoms with Gasteiger partial charge in [0.2, 0.25) is 0 Å². The average Bonchev–Trinajstić information content (AvgIpc) is 2.89. The predicted octanol–water partition coefficient (Wildman–Crippen LogP) is 9.34. The molecule has 0 aromatic rings. The largest absolute Gasteiger partial charge is 0.381 e. The second-order valence-corrected chi connectivity index (χ2v) is 17.6. The van der Waals surface area contributed by atoms with E-state index in [-0.39, 0.29) is 0 Å². The molecule has 3 saturated heterocycles. The molecule has 1 nitrogen and oxygen atoms in total. The lowest BCUT2D eigenvalue weighted by molar-refractivity contribution is -0.178. The van der Waals surface area contributed by atoms with Crippen LogP contribution in [0.5, 0.6) is 0 Å². The highest BCUT2D eigenvalue weighted by Crippen LogP contribution is 2.67. The number of hydrogen-bond acceptors (Lipinski definition) is 3. The highest BCUT2D eigenvalue weighted by atomic mass is 32.2. The Morgan fingerprint density at radius 3 is 2.22 bits per heavy atom. The van der Waals surface area contributed by atoms with E-state index in [4.69, 9.17) is 4.74 Å². The molecule has 3 heterocycles. The van der Waals surface area contributed by atoms with Crippen molar-refractivity contribution in [3.63, 3.8) is 0 Å². The zero-order valence-corrected chi connectivity index (χ0v) is 25.7. The van der Waals surface area contributed by atoms with Crippen LogP contribution in [-0.2, 0) is 4.74 Å². The molecule has 6 rings (SSSR count). The number of rotatable bonds is 7. The van der Waals surface area contributed by atoms with Crippen molar-refractivity contribution in [2.24, 2.45) is 58.2 Å². The Balaban J connectivity index is 1.11. The Hall–Kier alpha value is 0.660. The summed E-state index contributed by atoms with van der Waals surface area (Å²) in [6, 6.07) is 0. The van der Waals surface area contributed by atoms with Gasteiger partial charge in [0.15, 0.2) is 0 Å². The summed E-state index contributed by atoms with van der Waals surface area (Å²) in [6.07, 6.45) is 19.4. The maximum absolute atomic E-state index is 6.33. The van der Waals surface area contributed by atoms with E-state index in [1.807, 2.05) is 0 Å². The zero-order chi connectivity index (χ0) is 25.0. The number of thioether (sulfide) groups is 2. The van der Waals surface area contributed by atoms with Crippen molar-refractivity contribution in [1.82, 2.24) is 0 Å². The van der Waals surface area contributed by atoms with Crippen molar-refractivity contribution in [2.75, 3.05) is 30.5 Å². The lowest BCUT2D eigenvalue weighted by atomic mass is 9.44. The van der Waals surface area contributed by atoms with Gasteiger partial charge < -0.3 is 4.74 Å². The minimum Gasteiger partial charge on any atom is -0.381 e. The summed E-state index contributed by atoms with van der Waals surface area (Å²) in [7, 11) is 0. The van der Waals surface area contributed by atoms with Gasteiger partial charge in [-0.2, -0.15) is 23.5 Å². The van der Waals surface area contributed by atoms with Crippen molar-refractivity contribution in [1.29, 1.82) is 0 Å². The van der Waals surface area contributed by atoms with Gasteiger partial charge in [0.05, 0.1) is 6.61 Å². The van der Waals surface area contributed by atoms with Gasteiger partial charge in [-0.25, -0.2) is 0 Å². The first-order valence-corrected chi connectivity index (χ1v) is 18.3. The molecular formula is C33H56OS2. The van der Waals surface area contributed by atoms with E-state index in [9.17, 15) is 0 Å². The van der Waals surface area contributed by atoms with Crippen LogP contribution in [-0.4, -0.2) is 35.2 Å². The van der Waals surface area contributed by atoms with E-state index in [1.165, 1.54) is 101 Å². The van der Waals surface area contributed by atoms with Gasteiger partial charge in [0.1, 0.15) is 0 Å². The summed E-state index contributed by atoms with van der Waals surface area (Å²) in [5.41, 5.74) is 1.26. The van der Waals surface area contributed by atoms with Crippen LogP contribution in [0, 0.1) is 58.2 Å². The van der Waals surface area contributed by atoms with Crippen LogP contribution in [0.1, 0.15) is 111 Å². The van der Waals surface area contributed by atoms with Gasteiger partial charge in [-0.15, -0.1) is 0 Å². The van der Waals surface area contributed by atoms with Crippen LogP contribution >= 0.6 is 23.5 Å². The number of ether oxygens (including phenoxy) is 1. The first-order valence-electron chi connectivity index (χ1n) is 16.2. The molecule has 3 aliphatic heterocycles. The highest BCUT2D eigenvalue weighted by molar-refractivity contribution is 8.00. The van der Waals surface area contributed by atoms with Crippen molar-refractivity contribution in [3.8, 4) is 0 Å². The van der Waals surface area contributed by atoms with E-state index in [0.29, 0.717) is 10.2 Å². The second-order valence-electron chi connectivity index (χ2n) is 15.1. The molecule has 206 valence electrons. The topological polar surface area (TPSA) is 9.23 Å². The van der Waals surface area contributed by atoms with Gasteiger partial charge in [-0.05, 0) is 152 Å². The van der Waals surface area contributed by atoms with Crippen LogP contribution < -0.4 is 0 Å². The summed E-state index contributed by atoms with van der Waals surface area (Å²) < 4.78 is 6.97. The Kier molecular flexibility index (Phi) is 7.89. The van der Waals surface area contributed by atoms with Crippen LogP contribution in [0.3, 0.4) is 0 Å². The monoisotopic (exact) mass is 532 g/mol. The minimum absolute atomic E-state index is 0.526. The summed E-state index contributed by atoms with van der Waals surface area (Å²) in [5, 5.41) is 0. The van der Waals surface area contributed by atoms with Gasteiger partial charge in [-0.1, -0.05) is 34.1 Å². The molecule has 3 saturated carbocycles. The van der Waals surface area contributed by atoms with Gasteiger partial charge in [0, 0.05) is 11.4 Å². The maximum atomic E-state index is 6.33. The molecule has 3 aliphatic carbocycles. The summed E-state index contributed by atoms with van der Waals surface area (Å²) in [6.45, 7) is 12.4. The molecule has 0 N–H and O–H groups in total. The molecule has 0 aromatic heterocycles. The number of hydrogen-bond donors (Lipinski definition) is 0. The third-order valence-corrected chi connectivity index (χ3v) is 16.4. The Morgan fingerprint density at radius 1 is 0.778 bits per heavy atom. The average molecular weight is 533 g/mol. The fourth-order valence-corrected chi connectivity index (χ4v) is 14.6. The molecule has 10 unspecified atom stereocenters.